The van der Waals surface area contributed by atoms with Gasteiger partial charge < -0.3 is 5.32 Å². The van der Waals surface area contributed by atoms with Crippen LogP contribution in [0.15, 0.2) is 41.6 Å². The molecule has 20 heavy (non-hydrogen) atoms. The van der Waals surface area contributed by atoms with E-state index in [4.69, 9.17) is 0 Å². The minimum absolute atomic E-state index is 0.00398. The van der Waals surface area contributed by atoms with Crippen LogP contribution in [0.4, 0.5) is 5.69 Å². The summed E-state index contributed by atoms with van der Waals surface area (Å²) in [5.74, 6) is 0.361. The van der Waals surface area contributed by atoms with Gasteiger partial charge in [-0.25, -0.2) is 4.98 Å². The van der Waals surface area contributed by atoms with E-state index in [0.29, 0.717) is 5.75 Å². The highest BCUT2D eigenvalue weighted by atomic mass is 32.2. The number of nitrogens with zero attached hydrogens (tertiary/aromatic N) is 1. The summed E-state index contributed by atoms with van der Waals surface area (Å²) < 4.78 is 0. The van der Waals surface area contributed by atoms with Gasteiger partial charge in [0.15, 0.2) is 0 Å². The molecule has 0 spiro atoms. The van der Waals surface area contributed by atoms with E-state index in [9.17, 15) is 4.79 Å². The van der Waals surface area contributed by atoms with Gasteiger partial charge in [0.1, 0.15) is 0 Å². The summed E-state index contributed by atoms with van der Waals surface area (Å²) in [6, 6.07) is 9.84. The Bertz CT molecular complexity index is 588. The first-order valence-corrected chi connectivity index (χ1v) is 7.46. The van der Waals surface area contributed by atoms with Gasteiger partial charge in [-0.2, -0.15) is 0 Å². The SMILES string of the molecule is Cc1cc(C)c(NC(=O)CSc2ccccn2)c(C)c1. The minimum atomic E-state index is -0.00398. The second kappa shape index (κ2) is 6.57. The molecular formula is C16H18N2OS. The average molecular weight is 286 g/mol. The molecule has 1 N–H and O–H groups in total. The van der Waals surface area contributed by atoms with Crippen LogP contribution in [0.5, 0.6) is 0 Å². The summed E-state index contributed by atoms with van der Waals surface area (Å²) in [7, 11) is 0. The standard InChI is InChI=1S/C16H18N2OS/c1-11-8-12(2)16(13(3)9-11)18-14(19)10-20-15-6-4-5-7-17-15/h4-9H,10H2,1-3H3,(H,18,19). The number of rotatable bonds is 4. The second-order valence-electron chi connectivity index (χ2n) is 4.78. The number of nitrogens with one attached hydrogen (secondary N) is 1. The molecule has 0 aliphatic carbocycles. The van der Waals surface area contributed by atoms with E-state index in [1.54, 1.807) is 6.20 Å². The lowest BCUT2D eigenvalue weighted by molar-refractivity contribution is -0.113. The third kappa shape index (κ3) is 3.84. The first-order chi connectivity index (χ1) is 9.56. The van der Waals surface area contributed by atoms with Gasteiger partial charge in [0.25, 0.3) is 0 Å². The van der Waals surface area contributed by atoms with Crippen molar-refractivity contribution >= 4 is 23.4 Å². The lowest BCUT2D eigenvalue weighted by Crippen LogP contribution is -2.16. The van der Waals surface area contributed by atoms with Crippen LogP contribution in [0.2, 0.25) is 0 Å². The van der Waals surface area contributed by atoms with Gasteiger partial charge in [-0.05, 0) is 44.0 Å². The molecule has 104 valence electrons. The molecule has 2 rings (SSSR count). The number of aromatic nitrogens is 1. The van der Waals surface area contributed by atoms with Crippen molar-refractivity contribution in [1.29, 1.82) is 0 Å². The summed E-state index contributed by atoms with van der Waals surface area (Å²) in [5, 5.41) is 3.85. The Hall–Kier alpha value is -1.81. The molecule has 0 aliphatic heterocycles. The van der Waals surface area contributed by atoms with Crippen LogP contribution in [-0.4, -0.2) is 16.6 Å². The molecule has 1 amide bonds. The van der Waals surface area contributed by atoms with Crippen molar-refractivity contribution in [2.24, 2.45) is 0 Å². The van der Waals surface area contributed by atoms with Crippen LogP contribution >= 0.6 is 11.8 Å². The van der Waals surface area contributed by atoms with E-state index in [-0.39, 0.29) is 5.91 Å². The van der Waals surface area contributed by atoms with Gasteiger partial charge in [-0.15, -0.1) is 0 Å². The van der Waals surface area contributed by atoms with Crippen LogP contribution in [0, 0.1) is 20.8 Å². The monoisotopic (exact) mass is 286 g/mol. The van der Waals surface area contributed by atoms with Crippen LogP contribution in [0.1, 0.15) is 16.7 Å². The van der Waals surface area contributed by atoms with Crippen molar-refractivity contribution in [2.75, 3.05) is 11.1 Å². The van der Waals surface area contributed by atoms with Gasteiger partial charge >= 0.3 is 0 Å². The molecule has 2 aromatic rings. The largest absolute Gasteiger partial charge is 0.325 e. The molecule has 1 aromatic heterocycles. The van der Waals surface area contributed by atoms with Gasteiger partial charge in [-0.3, -0.25) is 4.79 Å². The normalized spacial score (nSPS) is 10.3. The van der Waals surface area contributed by atoms with Crippen LogP contribution in [-0.2, 0) is 4.79 Å². The van der Waals surface area contributed by atoms with Gasteiger partial charge in [-0.1, -0.05) is 35.5 Å². The molecular weight excluding hydrogens is 268 g/mol. The first-order valence-electron chi connectivity index (χ1n) is 6.48. The van der Waals surface area contributed by atoms with Crippen LogP contribution in [0.3, 0.4) is 0 Å². The molecule has 0 saturated heterocycles. The highest BCUT2D eigenvalue weighted by Crippen LogP contribution is 2.22. The highest BCUT2D eigenvalue weighted by Gasteiger charge is 2.09. The maximum absolute atomic E-state index is 12.0. The quantitative estimate of drug-likeness (QED) is 0.871. The fourth-order valence-corrected chi connectivity index (χ4v) is 2.79. The number of carbonyl (C=O) groups is 1. The molecule has 0 fully saturated rings. The Morgan fingerprint density at radius 3 is 2.50 bits per heavy atom. The van der Waals surface area contributed by atoms with E-state index in [1.165, 1.54) is 17.3 Å². The number of anilines is 1. The lowest BCUT2D eigenvalue weighted by Gasteiger charge is -2.12. The smallest absolute Gasteiger partial charge is 0.234 e. The zero-order chi connectivity index (χ0) is 14.5. The van der Waals surface area contributed by atoms with Gasteiger partial charge in [0.2, 0.25) is 5.91 Å². The Kier molecular flexibility index (Phi) is 4.79. The first kappa shape index (κ1) is 14.6. The Morgan fingerprint density at radius 1 is 1.20 bits per heavy atom. The predicted octanol–water partition coefficient (Wildman–Crippen LogP) is 3.74. The van der Waals surface area contributed by atoms with Crippen LogP contribution < -0.4 is 5.32 Å². The highest BCUT2D eigenvalue weighted by molar-refractivity contribution is 7.99. The van der Waals surface area contributed by atoms with E-state index < -0.39 is 0 Å². The van der Waals surface area contributed by atoms with Crippen molar-refractivity contribution in [3.63, 3.8) is 0 Å². The van der Waals surface area contributed by atoms with E-state index in [2.05, 4.69) is 29.4 Å². The Labute approximate surface area is 123 Å². The van der Waals surface area contributed by atoms with Crippen LogP contribution in [0.25, 0.3) is 0 Å². The van der Waals surface area contributed by atoms with Gasteiger partial charge in [0, 0.05) is 11.9 Å². The predicted molar refractivity (Wildman–Crippen MR) is 84.2 cm³/mol. The molecule has 0 aliphatic rings. The summed E-state index contributed by atoms with van der Waals surface area (Å²) in [6.45, 7) is 6.09. The zero-order valence-corrected chi connectivity index (χ0v) is 12.8. The Morgan fingerprint density at radius 2 is 1.90 bits per heavy atom. The number of benzene rings is 1. The van der Waals surface area contributed by atoms with Gasteiger partial charge in [0.05, 0.1) is 10.8 Å². The maximum Gasteiger partial charge on any atom is 0.234 e. The van der Waals surface area contributed by atoms with E-state index in [1.807, 2.05) is 32.0 Å². The summed E-state index contributed by atoms with van der Waals surface area (Å²) >= 11 is 1.44. The zero-order valence-electron chi connectivity index (χ0n) is 11.9. The number of hydrogen-bond donors (Lipinski definition) is 1. The number of aryl methyl sites for hydroxylation is 3. The summed E-state index contributed by atoms with van der Waals surface area (Å²) in [4.78, 5) is 16.2. The summed E-state index contributed by atoms with van der Waals surface area (Å²) in [6.07, 6.45) is 1.73. The molecule has 1 heterocycles. The number of carbonyl (C=O) groups excluding carboxylic acids is 1. The molecule has 0 bridgehead atoms. The molecule has 4 heteroatoms. The second-order valence-corrected chi connectivity index (χ2v) is 5.77. The molecule has 0 saturated carbocycles. The van der Waals surface area contributed by atoms with Crippen molar-refractivity contribution < 1.29 is 4.79 Å². The number of thioether (sulfide) groups is 1. The number of pyridine rings is 1. The molecule has 1 aromatic carbocycles. The fraction of sp³-hybridized carbons (Fsp3) is 0.250. The fourth-order valence-electron chi connectivity index (χ4n) is 2.12. The molecule has 0 radical (unpaired) electrons. The third-order valence-electron chi connectivity index (χ3n) is 2.93. The number of amides is 1. The Balaban J connectivity index is 1.98. The molecule has 3 nitrogen and oxygen atoms in total. The summed E-state index contributed by atoms with van der Waals surface area (Å²) in [5.41, 5.74) is 4.32. The molecule has 0 unspecified atom stereocenters. The number of hydrogen-bond acceptors (Lipinski definition) is 3. The van der Waals surface area contributed by atoms with Crippen molar-refractivity contribution in [2.45, 2.75) is 25.8 Å². The van der Waals surface area contributed by atoms with Crippen molar-refractivity contribution in [1.82, 2.24) is 4.98 Å². The molecule has 0 atom stereocenters. The maximum atomic E-state index is 12.0. The van der Waals surface area contributed by atoms with E-state index >= 15 is 0 Å². The third-order valence-corrected chi connectivity index (χ3v) is 3.87. The topological polar surface area (TPSA) is 42.0 Å². The van der Waals surface area contributed by atoms with Crippen molar-refractivity contribution in [3.8, 4) is 0 Å². The average Bonchev–Trinajstić information content (AvgIpc) is 2.42. The van der Waals surface area contributed by atoms with Crippen molar-refractivity contribution in [3.05, 3.63) is 53.2 Å². The van der Waals surface area contributed by atoms with E-state index in [0.717, 1.165) is 21.8 Å². The minimum Gasteiger partial charge on any atom is -0.325 e. The lowest BCUT2D eigenvalue weighted by atomic mass is 10.1.